The van der Waals surface area contributed by atoms with Gasteiger partial charge in [0.2, 0.25) is 0 Å². The third-order valence-corrected chi connectivity index (χ3v) is 6.96. The van der Waals surface area contributed by atoms with Crippen molar-refractivity contribution in [3.63, 3.8) is 0 Å². The lowest BCUT2D eigenvalue weighted by molar-refractivity contribution is -0.146. The number of hydrogen-bond donors (Lipinski definition) is 3. The summed E-state index contributed by atoms with van der Waals surface area (Å²) in [5.41, 5.74) is 1.89. The van der Waals surface area contributed by atoms with E-state index in [9.17, 15) is 27.2 Å². The summed E-state index contributed by atoms with van der Waals surface area (Å²) in [5.74, 6) is -1.31. The van der Waals surface area contributed by atoms with Crippen molar-refractivity contribution in [1.29, 1.82) is 0 Å². The monoisotopic (exact) mass is 609 g/mol. The topological polar surface area (TPSA) is 144 Å². The van der Waals surface area contributed by atoms with Gasteiger partial charge in [0.15, 0.2) is 0 Å². The minimum atomic E-state index is -4.77. The van der Waals surface area contributed by atoms with Crippen LogP contribution in [0.5, 0.6) is 5.75 Å². The summed E-state index contributed by atoms with van der Waals surface area (Å²) in [6.07, 6.45) is -5.17. The highest BCUT2D eigenvalue weighted by atomic mass is 19.4. The predicted molar refractivity (Wildman–Crippen MR) is 143 cm³/mol. The smallest absolute Gasteiger partial charge is 0.453 e. The zero-order valence-electron chi connectivity index (χ0n) is 23.4. The third-order valence-electron chi connectivity index (χ3n) is 6.96. The number of alkyl carbamates (subject to hydrolysis) is 1. The van der Waals surface area contributed by atoms with Crippen LogP contribution in [0, 0.1) is 12.7 Å². The fourth-order valence-electron chi connectivity index (χ4n) is 4.98. The second-order valence-electron chi connectivity index (χ2n) is 9.80. The number of methoxy groups -OCH3 is 1. The lowest BCUT2D eigenvalue weighted by Crippen LogP contribution is -2.49. The highest BCUT2D eigenvalue weighted by molar-refractivity contribution is 5.75. The summed E-state index contributed by atoms with van der Waals surface area (Å²) < 4.78 is 65.2. The SMILES string of the molecule is COc1ccc(-n2nnnc2C(F)(F)F)cc1CCNC(=O)N1CC[C@H](OC(=O)NCCO)C[C@@H]1c1ccc(F)cc1C. The van der Waals surface area contributed by atoms with Crippen molar-refractivity contribution in [2.45, 2.75) is 44.5 Å². The van der Waals surface area contributed by atoms with E-state index in [1.807, 2.05) is 0 Å². The molecule has 232 valence electrons. The van der Waals surface area contributed by atoms with Crippen LogP contribution >= 0.6 is 0 Å². The highest BCUT2D eigenvalue weighted by Crippen LogP contribution is 2.35. The Hall–Kier alpha value is -4.47. The van der Waals surface area contributed by atoms with E-state index >= 15 is 0 Å². The lowest BCUT2D eigenvalue weighted by Gasteiger charge is -2.40. The Labute approximate surface area is 243 Å². The standard InChI is InChI=1S/C27H31F4N7O5/c1-16-13-18(28)3-5-21(16)22-15-20(43-26(41)33-10-12-39)8-11-37(22)25(40)32-9-7-17-14-19(4-6-23(17)42-2)38-24(27(29,30)31)34-35-36-38/h3-6,13-14,20,22,39H,7-12,15H2,1-2H3,(H,32,40)(H,33,41)/t20-,22+/m0/s1. The van der Waals surface area contributed by atoms with E-state index in [4.69, 9.17) is 14.6 Å². The number of rotatable bonds is 9. The molecule has 0 saturated carbocycles. The largest absolute Gasteiger partial charge is 0.496 e. The first-order chi connectivity index (χ1) is 20.5. The van der Waals surface area contributed by atoms with E-state index in [1.165, 1.54) is 37.4 Å². The number of alkyl halides is 3. The normalized spacial score (nSPS) is 17.0. The third kappa shape index (κ3) is 7.68. The van der Waals surface area contributed by atoms with Gasteiger partial charge in [-0.25, -0.2) is 14.0 Å². The van der Waals surface area contributed by atoms with Crippen molar-refractivity contribution < 1.29 is 41.7 Å². The maximum atomic E-state index is 13.9. The molecule has 1 aromatic heterocycles. The molecule has 12 nitrogen and oxygen atoms in total. The first kappa shape index (κ1) is 31.5. The molecule has 0 radical (unpaired) electrons. The number of tetrazole rings is 1. The zero-order valence-corrected chi connectivity index (χ0v) is 23.4. The molecule has 3 amide bonds. The maximum absolute atomic E-state index is 13.9. The van der Waals surface area contributed by atoms with Crippen LogP contribution in [0.15, 0.2) is 36.4 Å². The van der Waals surface area contributed by atoms with Gasteiger partial charge in [-0.2, -0.15) is 17.9 Å². The summed E-state index contributed by atoms with van der Waals surface area (Å²) in [4.78, 5) is 27.0. The maximum Gasteiger partial charge on any atom is 0.453 e. The second kappa shape index (κ2) is 13.7. The van der Waals surface area contributed by atoms with Crippen molar-refractivity contribution in [1.82, 2.24) is 35.7 Å². The van der Waals surface area contributed by atoms with Crippen LogP contribution in [0.3, 0.4) is 0 Å². The fourth-order valence-corrected chi connectivity index (χ4v) is 4.98. The Morgan fingerprint density at radius 2 is 1.93 bits per heavy atom. The van der Waals surface area contributed by atoms with Crippen LogP contribution in [-0.2, 0) is 17.3 Å². The minimum Gasteiger partial charge on any atom is -0.496 e. The Morgan fingerprint density at radius 3 is 2.63 bits per heavy atom. The summed E-state index contributed by atoms with van der Waals surface area (Å²) in [7, 11) is 1.42. The van der Waals surface area contributed by atoms with Gasteiger partial charge in [-0.3, -0.25) is 0 Å². The van der Waals surface area contributed by atoms with E-state index in [2.05, 4.69) is 26.2 Å². The van der Waals surface area contributed by atoms with Gasteiger partial charge in [-0.05, 0) is 70.8 Å². The zero-order chi connectivity index (χ0) is 31.1. The van der Waals surface area contributed by atoms with Crippen molar-refractivity contribution >= 4 is 12.1 Å². The number of halogens is 4. The minimum absolute atomic E-state index is 0.0352. The van der Waals surface area contributed by atoms with E-state index in [0.717, 1.165) is 0 Å². The average Bonchev–Trinajstić information content (AvgIpc) is 3.47. The van der Waals surface area contributed by atoms with Gasteiger partial charge < -0.3 is 30.1 Å². The number of aliphatic hydroxyl groups is 1. The molecule has 1 aliphatic rings. The Kier molecular flexibility index (Phi) is 10.0. The second-order valence-corrected chi connectivity index (χ2v) is 9.80. The first-order valence-corrected chi connectivity index (χ1v) is 13.4. The number of carbonyl (C=O) groups excluding carboxylic acids is 2. The number of nitrogens with zero attached hydrogens (tertiary/aromatic N) is 5. The molecule has 0 spiro atoms. The summed E-state index contributed by atoms with van der Waals surface area (Å²) in [6, 6.07) is 7.61. The molecule has 16 heteroatoms. The Balaban J connectivity index is 1.48. The number of amides is 3. The van der Waals surface area contributed by atoms with Gasteiger partial charge >= 0.3 is 18.3 Å². The van der Waals surface area contributed by atoms with Crippen LogP contribution in [0.2, 0.25) is 0 Å². The predicted octanol–water partition coefficient (Wildman–Crippen LogP) is 3.31. The summed E-state index contributed by atoms with van der Waals surface area (Å²) in [6.45, 7) is 1.85. The van der Waals surface area contributed by atoms with E-state index < -0.39 is 42.1 Å². The molecule has 43 heavy (non-hydrogen) atoms. The molecule has 2 heterocycles. The number of aryl methyl sites for hydroxylation is 1. The van der Waals surface area contributed by atoms with E-state index in [-0.39, 0.29) is 44.8 Å². The molecule has 2 aromatic carbocycles. The first-order valence-electron chi connectivity index (χ1n) is 13.4. The molecule has 0 unspecified atom stereocenters. The number of piperidine rings is 1. The van der Waals surface area contributed by atoms with Crippen LogP contribution < -0.4 is 15.4 Å². The molecule has 0 aliphatic carbocycles. The molecule has 4 rings (SSSR count). The molecule has 0 bridgehead atoms. The molecule has 3 N–H and O–H groups in total. The van der Waals surface area contributed by atoms with Gasteiger partial charge in [0, 0.05) is 32.5 Å². The fraction of sp³-hybridized carbons (Fsp3) is 0.444. The van der Waals surface area contributed by atoms with E-state index in [1.54, 1.807) is 17.9 Å². The van der Waals surface area contributed by atoms with Crippen molar-refractivity contribution in [3.05, 3.63) is 64.7 Å². The summed E-state index contributed by atoms with van der Waals surface area (Å²) in [5, 5.41) is 23.9. The molecule has 3 aromatic rings. The Bertz CT molecular complexity index is 1430. The number of hydrogen-bond acceptors (Lipinski definition) is 8. The van der Waals surface area contributed by atoms with Crippen LogP contribution in [0.25, 0.3) is 5.69 Å². The number of nitrogens with one attached hydrogen (secondary N) is 2. The molecule has 2 atom stereocenters. The van der Waals surface area contributed by atoms with Crippen molar-refractivity contribution in [2.24, 2.45) is 0 Å². The van der Waals surface area contributed by atoms with Crippen LogP contribution in [-0.4, -0.2) is 81.8 Å². The number of benzene rings is 2. The summed E-state index contributed by atoms with van der Waals surface area (Å²) >= 11 is 0. The number of aliphatic hydroxyl groups excluding tert-OH is 1. The number of likely N-dealkylation sites (tertiary alicyclic amines) is 1. The molecular weight excluding hydrogens is 578 g/mol. The number of ether oxygens (including phenoxy) is 2. The number of urea groups is 1. The van der Waals surface area contributed by atoms with Crippen LogP contribution in [0.1, 0.15) is 41.4 Å². The van der Waals surface area contributed by atoms with Crippen molar-refractivity contribution in [3.8, 4) is 11.4 Å². The lowest BCUT2D eigenvalue weighted by atomic mass is 9.91. The molecule has 1 fully saturated rings. The van der Waals surface area contributed by atoms with Gasteiger partial charge in [0.1, 0.15) is 17.7 Å². The van der Waals surface area contributed by atoms with E-state index in [0.29, 0.717) is 33.5 Å². The number of carbonyl (C=O) groups is 2. The molecule has 1 saturated heterocycles. The molecular formula is C27H31F4N7O5. The van der Waals surface area contributed by atoms with Gasteiger partial charge in [-0.1, -0.05) is 6.07 Å². The number of aromatic nitrogens is 4. The van der Waals surface area contributed by atoms with Gasteiger partial charge in [0.25, 0.3) is 5.82 Å². The highest BCUT2D eigenvalue weighted by Gasteiger charge is 2.39. The van der Waals surface area contributed by atoms with Gasteiger partial charge in [0.05, 0.1) is 25.4 Å². The quantitative estimate of drug-likeness (QED) is 0.314. The van der Waals surface area contributed by atoms with Gasteiger partial charge in [-0.15, -0.1) is 5.10 Å². The van der Waals surface area contributed by atoms with Crippen LogP contribution in [0.4, 0.5) is 27.2 Å². The van der Waals surface area contributed by atoms with Crippen molar-refractivity contribution in [2.75, 3.05) is 33.4 Å². The molecule has 1 aliphatic heterocycles. The average molecular weight is 610 g/mol. The Morgan fingerprint density at radius 1 is 1.14 bits per heavy atom.